The number of benzene rings is 3. The molecule has 0 radical (unpaired) electrons. The second-order valence-electron chi connectivity index (χ2n) is 12.0. The molecule has 3 aromatic carbocycles. The number of carbonyl (C=O) groups is 2. The van der Waals surface area contributed by atoms with Crippen molar-refractivity contribution in [3.05, 3.63) is 101 Å². The number of fused-ring (bicyclic) bond motifs is 1. The van der Waals surface area contributed by atoms with E-state index in [1.807, 2.05) is 41.7 Å². The van der Waals surface area contributed by atoms with Crippen LogP contribution in [0.2, 0.25) is 5.02 Å². The third kappa shape index (κ3) is 6.78. The zero-order chi connectivity index (χ0) is 29.8. The first kappa shape index (κ1) is 29.4. The Labute approximate surface area is 258 Å². The van der Waals surface area contributed by atoms with Crippen LogP contribution in [0.4, 0.5) is 0 Å². The maximum Gasteiger partial charge on any atom is 0.237 e. The van der Waals surface area contributed by atoms with Gasteiger partial charge in [0.25, 0.3) is 0 Å². The number of carbonyl (C=O) groups excluding carboxylic acids is 2. The van der Waals surface area contributed by atoms with Crippen LogP contribution in [-0.2, 0) is 29.1 Å². The number of nitrogens with zero attached hydrogens (tertiary/aromatic N) is 4. The molecule has 2 saturated heterocycles. The lowest BCUT2D eigenvalue weighted by Gasteiger charge is -2.33. The van der Waals surface area contributed by atoms with Gasteiger partial charge in [-0.05, 0) is 71.8 Å². The third-order valence-electron chi connectivity index (χ3n) is 9.22. The first-order valence-electron chi connectivity index (χ1n) is 15.5. The van der Waals surface area contributed by atoms with Crippen LogP contribution >= 0.6 is 11.6 Å². The molecule has 224 valence electrons. The van der Waals surface area contributed by atoms with Gasteiger partial charge in [-0.25, -0.2) is 4.98 Å². The van der Waals surface area contributed by atoms with E-state index in [4.69, 9.17) is 11.6 Å². The molecule has 0 aliphatic carbocycles. The van der Waals surface area contributed by atoms with Crippen LogP contribution in [0.1, 0.15) is 49.4 Å². The number of imidazole rings is 1. The van der Waals surface area contributed by atoms with E-state index < -0.39 is 0 Å². The summed E-state index contributed by atoms with van der Waals surface area (Å²) in [6, 6.07) is 22.4. The maximum absolute atomic E-state index is 13.7. The van der Waals surface area contributed by atoms with Crippen molar-refractivity contribution in [2.45, 2.75) is 64.2 Å². The molecule has 1 N–H and O–H groups in total. The summed E-state index contributed by atoms with van der Waals surface area (Å²) in [6.07, 6.45) is 7.87. The highest BCUT2D eigenvalue weighted by Crippen LogP contribution is 2.30. The summed E-state index contributed by atoms with van der Waals surface area (Å²) >= 11 is 6.14. The van der Waals surface area contributed by atoms with Crippen molar-refractivity contribution in [1.82, 2.24) is 24.7 Å². The molecule has 0 unspecified atom stereocenters. The molecule has 2 aliphatic rings. The lowest BCUT2D eigenvalue weighted by molar-refractivity contribution is -0.132. The summed E-state index contributed by atoms with van der Waals surface area (Å²) in [5.74, 6) is 0.517. The van der Waals surface area contributed by atoms with Crippen LogP contribution in [-0.4, -0.2) is 62.9 Å². The Kier molecular flexibility index (Phi) is 9.10. The molecule has 0 spiro atoms. The molecule has 0 saturated carbocycles. The predicted octanol–water partition coefficient (Wildman–Crippen LogP) is 5.69. The molecule has 0 bridgehead atoms. The van der Waals surface area contributed by atoms with Gasteiger partial charge in [0.1, 0.15) is 0 Å². The molecular formula is C35H40ClN5O2. The highest BCUT2D eigenvalue weighted by molar-refractivity contribution is 6.30. The topological polar surface area (TPSA) is 70.5 Å². The first-order chi connectivity index (χ1) is 21.0. The zero-order valence-electron chi connectivity index (χ0n) is 24.8. The Balaban J connectivity index is 1.09. The van der Waals surface area contributed by atoms with Gasteiger partial charge in [0.2, 0.25) is 11.8 Å². The average molecular weight is 598 g/mol. The number of hydrogen-bond donors (Lipinski definition) is 1. The first-order valence-corrected chi connectivity index (χ1v) is 15.9. The van der Waals surface area contributed by atoms with Gasteiger partial charge < -0.3 is 14.8 Å². The minimum absolute atomic E-state index is 0.0674. The minimum Gasteiger partial charge on any atom is -0.351 e. The summed E-state index contributed by atoms with van der Waals surface area (Å²) in [6.45, 7) is 5.67. The van der Waals surface area contributed by atoms with E-state index in [0.717, 1.165) is 56.6 Å². The fraction of sp³-hybridized carbons (Fsp3) is 0.400. The molecule has 1 aromatic heterocycles. The smallest absolute Gasteiger partial charge is 0.237 e. The lowest BCUT2D eigenvalue weighted by atomic mass is 9.96. The van der Waals surface area contributed by atoms with E-state index in [2.05, 4.69) is 69.2 Å². The number of likely N-dealkylation sites (tertiary alicyclic amines) is 2. The highest BCUT2D eigenvalue weighted by atomic mass is 35.5. The van der Waals surface area contributed by atoms with Crippen LogP contribution in [0.25, 0.3) is 10.8 Å². The van der Waals surface area contributed by atoms with Crippen molar-refractivity contribution in [1.29, 1.82) is 0 Å². The van der Waals surface area contributed by atoms with Crippen LogP contribution in [0, 0.1) is 5.92 Å². The summed E-state index contributed by atoms with van der Waals surface area (Å²) in [5.41, 5.74) is 3.10. The van der Waals surface area contributed by atoms with Crippen molar-refractivity contribution in [3.63, 3.8) is 0 Å². The summed E-state index contributed by atoms with van der Waals surface area (Å²) < 4.78 is 2.08. The molecule has 3 heterocycles. The van der Waals surface area contributed by atoms with E-state index in [0.29, 0.717) is 30.5 Å². The van der Waals surface area contributed by atoms with Gasteiger partial charge in [0.15, 0.2) is 0 Å². The molecular weight excluding hydrogens is 558 g/mol. The van der Waals surface area contributed by atoms with Gasteiger partial charge in [-0.2, -0.15) is 0 Å². The van der Waals surface area contributed by atoms with Crippen molar-refractivity contribution < 1.29 is 9.59 Å². The second kappa shape index (κ2) is 13.3. The molecule has 2 amide bonds. The average Bonchev–Trinajstić information content (AvgIpc) is 3.76. The fourth-order valence-electron chi connectivity index (χ4n) is 6.93. The maximum atomic E-state index is 13.7. The van der Waals surface area contributed by atoms with Crippen molar-refractivity contribution in [3.8, 4) is 0 Å². The van der Waals surface area contributed by atoms with Gasteiger partial charge in [-0.15, -0.1) is 0 Å². The van der Waals surface area contributed by atoms with E-state index in [1.165, 1.54) is 16.3 Å². The molecule has 2 aliphatic heterocycles. The number of rotatable bonds is 10. The molecule has 3 atom stereocenters. The van der Waals surface area contributed by atoms with Gasteiger partial charge in [-0.1, -0.05) is 73.5 Å². The summed E-state index contributed by atoms with van der Waals surface area (Å²) in [4.78, 5) is 35.9. The monoisotopic (exact) mass is 597 g/mol. The molecule has 6 rings (SSSR count). The molecule has 8 heteroatoms. The van der Waals surface area contributed by atoms with Crippen LogP contribution < -0.4 is 5.32 Å². The van der Waals surface area contributed by atoms with Gasteiger partial charge >= 0.3 is 0 Å². The number of halogens is 1. The van der Waals surface area contributed by atoms with Gasteiger partial charge in [0.05, 0.1) is 18.8 Å². The van der Waals surface area contributed by atoms with E-state index in [1.54, 1.807) is 0 Å². The van der Waals surface area contributed by atoms with Crippen LogP contribution in [0.5, 0.6) is 0 Å². The van der Waals surface area contributed by atoms with Crippen molar-refractivity contribution >= 4 is 34.2 Å². The number of hydrogen-bond acceptors (Lipinski definition) is 4. The number of amides is 2. The fourth-order valence-corrected chi connectivity index (χ4v) is 7.15. The van der Waals surface area contributed by atoms with Crippen LogP contribution in [0.15, 0.2) is 79.3 Å². The standard InChI is InChI=1S/C35H40ClN5O2/c1-2-27-14-16-39(34(27)35(43)38-20-25-7-5-10-30(36)18-25)23-31-11-6-15-41(31)33(42)19-32-21-37-24-40(32)22-26-12-13-28-8-3-4-9-29(28)17-26/h3-5,7-10,12-13,17-18,21,24,27,31,34H,2,6,11,14-16,19-20,22-23H2,1H3,(H,38,43)/t27-,31-,34-/m0/s1. The minimum atomic E-state index is -0.176. The molecule has 7 nitrogen and oxygen atoms in total. The summed E-state index contributed by atoms with van der Waals surface area (Å²) in [7, 11) is 0. The Hall–Kier alpha value is -3.68. The Morgan fingerprint density at radius 1 is 0.977 bits per heavy atom. The number of aromatic nitrogens is 2. The Morgan fingerprint density at radius 3 is 2.67 bits per heavy atom. The van der Waals surface area contributed by atoms with Gasteiger partial charge in [0, 0.05) is 49.1 Å². The predicted molar refractivity (Wildman–Crippen MR) is 171 cm³/mol. The third-order valence-corrected chi connectivity index (χ3v) is 9.45. The normalized spacial score (nSPS) is 20.6. The van der Waals surface area contributed by atoms with E-state index in [-0.39, 0.29) is 23.9 Å². The van der Waals surface area contributed by atoms with Gasteiger partial charge in [-0.3, -0.25) is 14.5 Å². The largest absolute Gasteiger partial charge is 0.351 e. The molecule has 4 aromatic rings. The van der Waals surface area contributed by atoms with E-state index in [9.17, 15) is 9.59 Å². The quantitative estimate of drug-likeness (QED) is 0.255. The van der Waals surface area contributed by atoms with Crippen molar-refractivity contribution in [2.75, 3.05) is 19.6 Å². The van der Waals surface area contributed by atoms with E-state index >= 15 is 0 Å². The Bertz CT molecular complexity index is 1590. The number of nitrogens with one attached hydrogen (secondary N) is 1. The lowest BCUT2D eigenvalue weighted by Crippen LogP contribution is -2.51. The molecule has 43 heavy (non-hydrogen) atoms. The zero-order valence-corrected chi connectivity index (χ0v) is 25.5. The SMILES string of the molecule is CC[C@H]1CCN(C[C@@H]2CCCN2C(=O)Cc2cncn2Cc2ccc3ccccc3c2)[C@@H]1C(=O)NCc1cccc(Cl)c1. The highest BCUT2D eigenvalue weighted by Gasteiger charge is 2.41. The second-order valence-corrected chi connectivity index (χ2v) is 12.4. The van der Waals surface area contributed by atoms with Crippen LogP contribution in [0.3, 0.4) is 0 Å². The summed E-state index contributed by atoms with van der Waals surface area (Å²) in [5, 5.41) is 6.26. The Morgan fingerprint density at radius 2 is 1.84 bits per heavy atom. The van der Waals surface area contributed by atoms with Crippen molar-refractivity contribution in [2.24, 2.45) is 5.92 Å². The molecule has 2 fully saturated rings.